The molecule has 2 heterocycles. The summed E-state index contributed by atoms with van der Waals surface area (Å²) in [5, 5.41) is 8.19. The minimum Gasteiger partial charge on any atom is -0.467 e. The van der Waals surface area contributed by atoms with Gasteiger partial charge in [-0.25, -0.2) is 14.4 Å². The van der Waals surface area contributed by atoms with Crippen molar-refractivity contribution in [1.82, 2.24) is 21.4 Å². The maximum absolute atomic E-state index is 13.8. The summed E-state index contributed by atoms with van der Waals surface area (Å²) < 4.78 is 94.5. The summed E-state index contributed by atoms with van der Waals surface area (Å²) in [5.41, 5.74) is 2.51. The largest absolute Gasteiger partial charge is 0.467 e. The fraction of sp³-hybridized carbons (Fsp3) is 0.667. The Morgan fingerprint density at radius 1 is 0.500 bits per heavy atom. The third kappa shape index (κ3) is 34.0. The number of carbonyl (C=O) groups excluding carboxylic acids is 12. The van der Waals surface area contributed by atoms with Gasteiger partial charge in [0.25, 0.3) is 5.91 Å². The molecule has 2 aromatic carbocycles. The zero-order valence-electron chi connectivity index (χ0n) is 62.8. The number of hydroxylamine groups is 1. The third-order valence-corrected chi connectivity index (χ3v) is 16.3. The Labute approximate surface area is 617 Å². The maximum Gasteiger partial charge on any atom is 0.431 e. The number of carbonyl (C=O) groups is 12. The molecule has 1 unspecified atom stereocenters. The highest BCUT2D eigenvalue weighted by Crippen LogP contribution is 2.38. The van der Waals surface area contributed by atoms with E-state index in [9.17, 15) is 57.5 Å². The van der Waals surface area contributed by atoms with E-state index in [4.69, 9.17) is 85.4 Å². The van der Waals surface area contributed by atoms with E-state index in [-0.39, 0.29) is 172 Å². The highest BCUT2D eigenvalue weighted by molar-refractivity contribution is 5.99. The lowest BCUT2D eigenvalue weighted by Gasteiger charge is -2.42. The first kappa shape index (κ1) is 89.9. The Morgan fingerprint density at radius 2 is 0.953 bits per heavy atom. The lowest BCUT2D eigenvalue weighted by atomic mass is 9.83. The van der Waals surface area contributed by atoms with Gasteiger partial charge in [-0.05, 0) is 80.8 Å². The molecular weight excluding hydrogens is 1400 g/mol. The van der Waals surface area contributed by atoms with Gasteiger partial charge in [0, 0.05) is 97.6 Å². The summed E-state index contributed by atoms with van der Waals surface area (Å²) >= 11 is 0. The van der Waals surface area contributed by atoms with Crippen molar-refractivity contribution in [2.45, 2.75) is 177 Å². The van der Waals surface area contributed by atoms with Crippen LogP contribution in [0.15, 0.2) is 36.4 Å². The maximum atomic E-state index is 13.8. The van der Waals surface area contributed by atoms with Crippen molar-refractivity contribution in [2.75, 3.05) is 113 Å². The molecule has 4 rings (SSSR count). The molecule has 2 aliphatic heterocycles. The average Bonchev–Trinajstić information content (AvgIpc) is 0.792. The molecular formula is C72H106N4O30. The van der Waals surface area contributed by atoms with Crippen LogP contribution in [0.5, 0.6) is 11.5 Å². The summed E-state index contributed by atoms with van der Waals surface area (Å²) in [4.78, 5) is 157. The first-order chi connectivity index (χ1) is 50.4. The zero-order valence-corrected chi connectivity index (χ0v) is 62.8. The third-order valence-electron chi connectivity index (χ3n) is 16.3. The molecule has 2 fully saturated rings. The number of amides is 4. The molecule has 0 bridgehead atoms. The van der Waals surface area contributed by atoms with Crippen molar-refractivity contribution in [3.8, 4) is 11.5 Å². The van der Waals surface area contributed by atoms with Crippen LogP contribution in [0.4, 0.5) is 4.79 Å². The minimum absolute atomic E-state index is 0.00344. The molecule has 11 atom stereocenters. The number of ketones is 2. The minimum atomic E-state index is -1.33. The lowest BCUT2D eigenvalue weighted by Crippen LogP contribution is -2.55. The Kier molecular flexibility index (Phi) is 40.7. The quantitative estimate of drug-likeness (QED) is 0.0234. The van der Waals surface area contributed by atoms with E-state index in [1.54, 1.807) is 60.6 Å². The van der Waals surface area contributed by atoms with Gasteiger partial charge in [0.2, 0.25) is 24.4 Å². The molecule has 0 spiro atoms. The van der Waals surface area contributed by atoms with Crippen LogP contribution in [0.2, 0.25) is 0 Å². The van der Waals surface area contributed by atoms with Crippen LogP contribution < -0.4 is 30.9 Å². The Balaban J connectivity index is 1.23. The number of esters is 6. The number of hydrogen-bond donors (Lipinski definition) is 4. The number of nitrogens with one attached hydrogen (secondary N) is 4. The van der Waals surface area contributed by atoms with Gasteiger partial charge in [-0.15, -0.1) is 0 Å². The topological polar surface area (TPSA) is 419 Å². The highest BCUT2D eigenvalue weighted by Gasteiger charge is 2.50. The van der Waals surface area contributed by atoms with Gasteiger partial charge in [0.1, 0.15) is 42.7 Å². The predicted octanol–water partition coefficient (Wildman–Crippen LogP) is 4.45. The van der Waals surface area contributed by atoms with Gasteiger partial charge in [0.15, 0.2) is 30.2 Å². The highest BCUT2D eigenvalue weighted by atomic mass is 16.7. The lowest BCUT2D eigenvalue weighted by molar-refractivity contribution is -0.249. The standard InChI is InChI=1S/C72H106N4O30/c1-43-45(3)64(100-49(7)79)69(104-62(43)67(86)89-12)102-58-20-18-51(40-97-47(5)77)36-55(58)57(82)17-15-25-92-29-30-93-26-22-73-60(83)39-53(75-61(84)42-96-33-32-95-34-35-99-76-71(88)106-72(9,10)11)38-54(81)16-14-24-91-28-31-94-27-23-74-66(85)56-37-52(41-98-48(6)78)19-21-59(56)103-70-65(101-50(8)80)46(4)44(2)63(105-70)68(87)90-13/h18-21,36-37,43-46,53,62-65,69-70H,14-17,22-35,38-42H2,1-13H3,(H,73,83)(H,74,85)(H,75,84)(H,76,88)/t43-,44-,45-,46-,53?,62-,63-,64+,65+,69+,70+/m0/s1. The second kappa shape index (κ2) is 48.0. The van der Waals surface area contributed by atoms with Gasteiger partial charge >= 0.3 is 41.9 Å². The summed E-state index contributed by atoms with van der Waals surface area (Å²) in [5.74, 6) is -7.57. The summed E-state index contributed by atoms with van der Waals surface area (Å²) in [6.07, 6.45) is -7.31. The molecule has 4 N–H and O–H groups in total. The van der Waals surface area contributed by atoms with E-state index >= 15 is 0 Å². The molecule has 0 radical (unpaired) electrons. The molecule has 106 heavy (non-hydrogen) atoms. The zero-order chi connectivity index (χ0) is 78.3. The number of hydrogen-bond acceptors (Lipinski definition) is 30. The Bertz CT molecular complexity index is 3000. The smallest absolute Gasteiger partial charge is 0.431 e. The average molecular weight is 1510 g/mol. The molecule has 34 heteroatoms. The number of methoxy groups -OCH3 is 2. The van der Waals surface area contributed by atoms with Crippen LogP contribution >= 0.6 is 0 Å². The van der Waals surface area contributed by atoms with Crippen LogP contribution in [-0.2, 0) is 132 Å². The van der Waals surface area contributed by atoms with Crippen LogP contribution in [-0.4, -0.2) is 233 Å². The van der Waals surface area contributed by atoms with Crippen LogP contribution in [0.25, 0.3) is 0 Å². The van der Waals surface area contributed by atoms with E-state index in [0.717, 1.165) is 0 Å². The fourth-order valence-corrected chi connectivity index (χ4v) is 10.7. The van der Waals surface area contributed by atoms with Gasteiger partial charge in [0.05, 0.1) is 91.4 Å². The first-order valence-electron chi connectivity index (χ1n) is 35.0. The molecule has 2 aromatic rings. The Morgan fingerprint density at radius 3 is 1.44 bits per heavy atom. The number of ether oxygens (including phenoxy) is 17. The molecule has 4 amide bonds. The first-order valence-corrected chi connectivity index (χ1v) is 35.0. The van der Waals surface area contributed by atoms with E-state index < -0.39 is 139 Å². The molecule has 0 saturated carbocycles. The van der Waals surface area contributed by atoms with Crippen molar-refractivity contribution in [1.29, 1.82) is 0 Å². The van der Waals surface area contributed by atoms with Crippen molar-refractivity contribution in [3.05, 3.63) is 58.7 Å². The SMILES string of the molecule is COC(=O)[C@H]1O[C@@H](Oc2ccc(COC(C)=O)cc2C(=O)CCCOCCOCCNC(=O)CC(CC(=O)CCCOCCOCCNC(=O)c2cc(COC(C)=O)ccc2O[C@@H]2O[C@H](C(=O)OC)[C@@H](C)[C@H](C)[C@H]2OC(C)=O)NC(=O)COCCOCCONC(=O)OC(C)(C)C)[C@H](OC(C)=O)[C@@H](C)[C@@H]1C. The molecule has 2 saturated heterocycles. The van der Waals surface area contributed by atoms with Gasteiger partial charge in [-0.3, -0.25) is 48.0 Å². The molecule has 34 nitrogen and oxygen atoms in total. The fourth-order valence-electron chi connectivity index (χ4n) is 10.7. The van der Waals surface area contributed by atoms with Crippen LogP contribution in [0.1, 0.15) is 147 Å². The van der Waals surface area contributed by atoms with E-state index in [0.29, 0.717) is 17.5 Å². The van der Waals surface area contributed by atoms with E-state index in [1.807, 2.05) is 0 Å². The molecule has 594 valence electrons. The second-order valence-electron chi connectivity index (χ2n) is 26.0. The molecule has 0 aromatic heterocycles. The van der Waals surface area contributed by atoms with Gasteiger partial charge < -0.3 is 96.5 Å². The molecule has 0 aliphatic carbocycles. The Hall–Kier alpha value is -8.48. The van der Waals surface area contributed by atoms with Crippen molar-refractivity contribution in [3.63, 3.8) is 0 Å². The van der Waals surface area contributed by atoms with Crippen LogP contribution in [0.3, 0.4) is 0 Å². The normalized spacial score (nSPS) is 20.1. The van der Waals surface area contributed by atoms with E-state index in [2.05, 4.69) is 21.4 Å². The second-order valence-corrected chi connectivity index (χ2v) is 26.0. The summed E-state index contributed by atoms with van der Waals surface area (Å²) in [6, 6.07) is 8.19. The summed E-state index contributed by atoms with van der Waals surface area (Å²) in [6.45, 7) is 17.7. The van der Waals surface area contributed by atoms with Crippen molar-refractivity contribution in [2.24, 2.45) is 23.7 Å². The number of benzene rings is 2. The molecule has 2 aliphatic rings. The summed E-state index contributed by atoms with van der Waals surface area (Å²) in [7, 11) is 2.44. The van der Waals surface area contributed by atoms with Crippen molar-refractivity contribution >= 4 is 71.2 Å². The van der Waals surface area contributed by atoms with Crippen LogP contribution in [0, 0.1) is 23.7 Å². The predicted molar refractivity (Wildman–Crippen MR) is 369 cm³/mol. The number of rotatable bonds is 48. The van der Waals surface area contributed by atoms with Gasteiger partial charge in [-0.1, -0.05) is 39.8 Å². The number of Topliss-reactive ketones (excluding diaryl/α,β-unsaturated/α-hetero) is 2. The van der Waals surface area contributed by atoms with Gasteiger partial charge in [-0.2, -0.15) is 5.48 Å². The monoisotopic (exact) mass is 1510 g/mol. The van der Waals surface area contributed by atoms with E-state index in [1.165, 1.54) is 66.2 Å². The van der Waals surface area contributed by atoms with Crippen molar-refractivity contribution < 1.29 is 143 Å².